The highest BCUT2D eigenvalue weighted by molar-refractivity contribution is 5.87. The quantitative estimate of drug-likeness (QED) is 0.632. The molecule has 0 amide bonds. The van der Waals surface area contributed by atoms with E-state index < -0.39 is 5.97 Å². The molecule has 1 fully saturated rings. The summed E-state index contributed by atoms with van der Waals surface area (Å²) in [5.74, 6) is -0.565. The van der Waals surface area contributed by atoms with Crippen molar-refractivity contribution in [3.8, 4) is 0 Å². The van der Waals surface area contributed by atoms with Gasteiger partial charge in [-0.2, -0.15) is 0 Å². The molecule has 1 aromatic rings. The summed E-state index contributed by atoms with van der Waals surface area (Å²) in [6.45, 7) is 0.946. The lowest BCUT2D eigenvalue weighted by atomic mass is 9.97. The zero-order chi connectivity index (χ0) is 10.1. The highest BCUT2D eigenvalue weighted by atomic mass is 16.4. The number of nitrogens with two attached hydrogens (primary N) is 1. The number of carboxylic acid groups (broad SMARTS) is 1. The van der Waals surface area contributed by atoms with E-state index in [1.54, 1.807) is 6.07 Å². The van der Waals surface area contributed by atoms with E-state index in [1.807, 2.05) is 0 Å². The molecule has 1 aliphatic heterocycles. The molecular formula is C9H11N3O2. The van der Waals surface area contributed by atoms with Crippen molar-refractivity contribution in [2.45, 2.75) is 12.5 Å². The first kappa shape index (κ1) is 8.96. The number of hydrogen-bond donors (Lipinski definition) is 3. The summed E-state index contributed by atoms with van der Waals surface area (Å²) in [5.41, 5.74) is 6.63. The molecule has 2 rings (SSSR count). The predicted octanol–water partition coefficient (Wildman–Crippen LogP) is 0.396. The number of pyridine rings is 1. The second-order valence-electron chi connectivity index (χ2n) is 3.30. The van der Waals surface area contributed by atoms with Gasteiger partial charge in [0.05, 0.1) is 5.56 Å². The van der Waals surface area contributed by atoms with Crippen LogP contribution >= 0.6 is 0 Å². The molecule has 5 nitrogen and oxygen atoms in total. The van der Waals surface area contributed by atoms with E-state index in [4.69, 9.17) is 10.8 Å². The number of aromatic carboxylic acids is 1. The van der Waals surface area contributed by atoms with Crippen LogP contribution in [0, 0.1) is 0 Å². The van der Waals surface area contributed by atoms with E-state index in [9.17, 15) is 4.79 Å². The third-order valence-electron chi connectivity index (χ3n) is 2.40. The highest BCUT2D eigenvalue weighted by Crippen LogP contribution is 2.26. The Labute approximate surface area is 81.0 Å². The highest BCUT2D eigenvalue weighted by Gasteiger charge is 2.22. The molecule has 1 atom stereocenters. The minimum Gasteiger partial charge on any atom is -0.478 e. The van der Waals surface area contributed by atoms with Crippen LogP contribution in [-0.2, 0) is 0 Å². The maximum Gasteiger partial charge on any atom is 0.337 e. The van der Waals surface area contributed by atoms with E-state index >= 15 is 0 Å². The average Bonchev–Trinajstić information content (AvgIpc) is 2.05. The minimum absolute atomic E-state index is 0.168. The number of carbonyl (C=O) groups is 1. The number of hydrogen-bond acceptors (Lipinski definition) is 4. The molecule has 1 unspecified atom stereocenters. The standard InChI is InChI=1S/C9H11N3O2/c10-8-6(7-1-2-11-7)3-5(4-12-8)9(13)14/h3-4,7,11H,1-2H2,(H2,10,12)(H,13,14). The van der Waals surface area contributed by atoms with E-state index in [0.29, 0.717) is 5.82 Å². The van der Waals surface area contributed by atoms with Crippen LogP contribution < -0.4 is 11.1 Å². The van der Waals surface area contributed by atoms with Crippen LogP contribution in [0.3, 0.4) is 0 Å². The lowest BCUT2D eigenvalue weighted by molar-refractivity contribution is 0.0696. The van der Waals surface area contributed by atoms with Crippen molar-refractivity contribution < 1.29 is 9.90 Å². The first-order valence-electron chi connectivity index (χ1n) is 4.40. The summed E-state index contributed by atoms with van der Waals surface area (Å²) in [6.07, 6.45) is 2.26. The van der Waals surface area contributed by atoms with Gasteiger partial charge in [-0.05, 0) is 19.0 Å². The lowest BCUT2D eigenvalue weighted by Crippen LogP contribution is -2.35. The second-order valence-corrected chi connectivity index (χ2v) is 3.30. The van der Waals surface area contributed by atoms with Crippen LogP contribution in [0.4, 0.5) is 5.82 Å². The van der Waals surface area contributed by atoms with Crippen molar-refractivity contribution in [3.63, 3.8) is 0 Å². The molecule has 14 heavy (non-hydrogen) atoms. The SMILES string of the molecule is Nc1ncc(C(=O)O)cc1C1CCN1. The smallest absolute Gasteiger partial charge is 0.337 e. The van der Waals surface area contributed by atoms with Gasteiger partial charge >= 0.3 is 5.97 Å². The lowest BCUT2D eigenvalue weighted by Gasteiger charge is -2.28. The van der Waals surface area contributed by atoms with E-state index in [0.717, 1.165) is 18.5 Å². The molecule has 0 aromatic carbocycles. The molecule has 2 heterocycles. The van der Waals surface area contributed by atoms with Gasteiger partial charge in [0, 0.05) is 17.8 Å². The molecular weight excluding hydrogens is 182 g/mol. The van der Waals surface area contributed by atoms with Gasteiger partial charge in [-0.3, -0.25) is 0 Å². The van der Waals surface area contributed by atoms with Crippen molar-refractivity contribution in [2.24, 2.45) is 0 Å². The van der Waals surface area contributed by atoms with Gasteiger partial charge in [0.15, 0.2) is 0 Å². The number of nitrogens with one attached hydrogen (secondary N) is 1. The Hall–Kier alpha value is -1.62. The molecule has 0 aliphatic carbocycles. The van der Waals surface area contributed by atoms with Crippen LogP contribution in [0.25, 0.3) is 0 Å². The van der Waals surface area contributed by atoms with Crippen molar-refractivity contribution in [3.05, 3.63) is 23.4 Å². The molecule has 0 bridgehead atoms. The van der Waals surface area contributed by atoms with E-state index in [-0.39, 0.29) is 11.6 Å². The first-order chi connectivity index (χ1) is 6.68. The van der Waals surface area contributed by atoms with Crippen LogP contribution in [0.15, 0.2) is 12.3 Å². The van der Waals surface area contributed by atoms with Gasteiger partial charge in [0.1, 0.15) is 5.82 Å². The monoisotopic (exact) mass is 193 g/mol. The molecule has 0 saturated carbocycles. The van der Waals surface area contributed by atoms with Gasteiger partial charge in [0.2, 0.25) is 0 Å². The maximum atomic E-state index is 10.7. The Morgan fingerprint density at radius 1 is 1.71 bits per heavy atom. The molecule has 0 radical (unpaired) electrons. The Bertz CT molecular complexity index is 374. The average molecular weight is 193 g/mol. The third-order valence-corrected chi connectivity index (χ3v) is 2.40. The van der Waals surface area contributed by atoms with Crippen molar-refractivity contribution >= 4 is 11.8 Å². The number of nitrogens with zero attached hydrogens (tertiary/aromatic N) is 1. The Morgan fingerprint density at radius 2 is 2.43 bits per heavy atom. The zero-order valence-corrected chi connectivity index (χ0v) is 7.53. The van der Waals surface area contributed by atoms with Gasteiger partial charge in [-0.1, -0.05) is 0 Å². The Balaban J connectivity index is 2.36. The number of rotatable bonds is 2. The minimum atomic E-state index is -0.974. The zero-order valence-electron chi connectivity index (χ0n) is 7.53. The molecule has 74 valence electrons. The normalized spacial score (nSPS) is 20.1. The van der Waals surface area contributed by atoms with Gasteiger partial charge in [-0.25, -0.2) is 9.78 Å². The van der Waals surface area contributed by atoms with Crippen LogP contribution in [0.5, 0.6) is 0 Å². The van der Waals surface area contributed by atoms with Crippen LogP contribution in [0.1, 0.15) is 28.4 Å². The predicted molar refractivity (Wildman–Crippen MR) is 51.0 cm³/mol. The van der Waals surface area contributed by atoms with E-state index in [1.165, 1.54) is 6.20 Å². The molecule has 5 heteroatoms. The summed E-state index contributed by atoms with van der Waals surface area (Å²) in [6, 6.07) is 1.75. The van der Waals surface area contributed by atoms with Crippen molar-refractivity contribution in [1.29, 1.82) is 0 Å². The summed E-state index contributed by atoms with van der Waals surface area (Å²) in [4.78, 5) is 14.6. The van der Waals surface area contributed by atoms with Gasteiger partial charge < -0.3 is 16.2 Å². The van der Waals surface area contributed by atoms with E-state index in [2.05, 4.69) is 10.3 Å². The van der Waals surface area contributed by atoms with Crippen LogP contribution in [-0.4, -0.2) is 22.6 Å². The van der Waals surface area contributed by atoms with Crippen molar-refractivity contribution in [1.82, 2.24) is 10.3 Å². The Morgan fingerprint density at radius 3 is 2.93 bits per heavy atom. The molecule has 1 aromatic heterocycles. The molecule has 0 spiro atoms. The molecule has 1 saturated heterocycles. The van der Waals surface area contributed by atoms with Gasteiger partial charge in [-0.15, -0.1) is 0 Å². The number of anilines is 1. The topological polar surface area (TPSA) is 88.2 Å². The Kier molecular flexibility index (Phi) is 2.09. The fourth-order valence-electron chi connectivity index (χ4n) is 1.44. The second kappa shape index (κ2) is 3.26. The number of carboxylic acids is 1. The number of aromatic nitrogens is 1. The summed E-state index contributed by atoms with van der Waals surface area (Å²) < 4.78 is 0. The third kappa shape index (κ3) is 1.42. The summed E-state index contributed by atoms with van der Waals surface area (Å²) >= 11 is 0. The fraction of sp³-hybridized carbons (Fsp3) is 0.333. The summed E-state index contributed by atoms with van der Waals surface area (Å²) in [5, 5.41) is 11.9. The number of nitrogen functional groups attached to an aromatic ring is 1. The molecule has 1 aliphatic rings. The first-order valence-corrected chi connectivity index (χ1v) is 4.40. The molecule has 4 N–H and O–H groups in total. The maximum absolute atomic E-state index is 10.7. The summed E-state index contributed by atoms with van der Waals surface area (Å²) in [7, 11) is 0. The van der Waals surface area contributed by atoms with Crippen LogP contribution in [0.2, 0.25) is 0 Å². The fourth-order valence-corrected chi connectivity index (χ4v) is 1.44. The largest absolute Gasteiger partial charge is 0.478 e. The van der Waals surface area contributed by atoms with Gasteiger partial charge in [0.25, 0.3) is 0 Å². The van der Waals surface area contributed by atoms with Crippen molar-refractivity contribution in [2.75, 3.05) is 12.3 Å².